The summed E-state index contributed by atoms with van der Waals surface area (Å²) in [5.74, 6) is -0.129. The van der Waals surface area contributed by atoms with E-state index in [1.165, 1.54) is 31.4 Å². The molecule has 0 atom stereocenters. The number of ether oxygens (including phenoxy) is 3. The molecular weight excluding hydrogens is 396 g/mol. The maximum atomic E-state index is 12.5. The Morgan fingerprint density at radius 1 is 0.903 bits per heavy atom. The van der Waals surface area contributed by atoms with Crippen molar-refractivity contribution in [3.05, 3.63) is 95.4 Å². The fourth-order valence-corrected chi connectivity index (χ4v) is 3.04. The number of methoxy groups -OCH3 is 1. The number of hydrogen-bond acceptors (Lipinski definition) is 6. The van der Waals surface area contributed by atoms with Gasteiger partial charge in [0.15, 0.2) is 0 Å². The van der Waals surface area contributed by atoms with Crippen molar-refractivity contribution in [3.8, 4) is 11.5 Å². The van der Waals surface area contributed by atoms with Crippen LogP contribution in [0.4, 0.5) is 0 Å². The van der Waals surface area contributed by atoms with E-state index in [4.69, 9.17) is 9.47 Å². The van der Waals surface area contributed by atoms with Crippen molar-refractivity contribution < 1.29 is 23.8 Å². The van der Waals surface area contributed by atoms with Gasteiger partial charge in [0.25, 0.3) is 0 Å². The van der Waals surface area contributed by atoms with E-state index in [2.05, 4.69) is 9.72 Å². The Kier molecular flexibility index (Phi) is 5.66. The molecule has 0 aliphatic heterocycles. The second-order valence-corrected chi connectivity index (χ2v) is 6.93. The third-order valence-electron chi connectivity index (χ3n) is 4.59. The van der Waals surface area contributed by atoms with E-state index >= 15 is 0 Å². The first kappa shape index (κ1) is 20.2. The number of rotatable bonds is 6. The number of benzene rings is 2. The molecule has 0 amide bonds. The van der Waals surface area contributed by atoms with E-state index in [1.807, 2.05) is 35.9 Å². The minimum Gasteiger partial charge on any atom is -0.487 e. The summed E-state index contributed by atoms with van der Waals surface area (Å²) in [7, 11) is 1.31. The number of carbonyl (C=O) groups is 2. The van der Waals surface area contributed by atoms with E-state index in [0.29, 0.717) is 22.6 Å². The van der Waals surface area contributed by atoms with Gasteiger partial charge in [-0.25, -0.2) is 14.6 Å². The zero-order chi connectivity index (χ0) is 21.8. The highest BCUT2D eigenvalue weighted by atomic mass is 16.5. The third kappa shape index (κ3) is 4.72. The number of imidazole rings is 1. The van der Waals surface area contributed by atoms with Crippen molar-refractivity contribution in [2.24, 2.45) is 0 Å². The summed E-state index contributed by atoms with van der Waals surface area (Å²) >= 11 is 0. The lowest BCUT2D eigenvalue weighted by atomic mass is 10.2. The summed E-state index contributed by atoms with van der Waals surface area (Å²) in [4.78, 5) is 28.5. The van der Waals surface area contributed by atoms with E-state index in [9.17, 15) is 9.59 Å². The van der Waals surface area contributed by atoms with Gasteiger partial charge in [0.2, 0.25) is 0 Å². The van der Waals surface area contributed by atoms with Gasteiger partial charge in [-0.1, -0.05) is 12.1 Å². The molecular formula is C24H20N2O5. The maximum Gasteiger partial charge on any atom is 0.343 e. The predicted molar refractivity (Wildman–Crippen MR) is 113 cm³/mol. The molecule has 0 unspecified atom stereocenters. The molecule has 2 heterocycles. The van der Waals surface area contributed by atoms with Crippen LogP contribution in [0.2, 0.25) is 0 Å². The van der Waals surface area contributed by atoms with Gasteiger partial charge in [0.05, 0.1) is 23.9 Å². The lowest BCUT2D eigenvalue weighted by Crippen LogP contribution is -2.09. The first-order valence-electron chi connectivity index (χ1n) is 9.59. The Hall–Kier alpha value is -4.13. The predicted octanol–water partition coefficient (Wildman–Crippen LogP) is 4.23. The van der Waals surface area contributed by atoms with Crippen molar-refractivity contribution >= 4 is 17.6 Å². The van der Waals surface area contributed by atoms with Crippen LogP contribution < -0.4 is 9.47 Å². The van der Waals surface area contributed by atoms with Crippen LogP contribution in [0.3, 0.4) is 0 Å². The van der Waals surface area contributed by atoms with Crippen LogP contribution in [0.1, 0.15) is 32.0 Å². The monoisotopic (exact) mass is 416 g/mol. The fraction of sp³-hybridized carbons (Fsp3) is 0.125. The zero-order valence-corrected chi connectivity index (χ0v) is 17.1. The molecule has 4 rings (SSSR count). The number of hydrogen-bond donors (Lipinski definition) is 0. The Bertz CT molecular complexity index is 1240. The molecule has 0 spiro atoms. The molecule has 7 nitrogen and oxygen atoms in total. The van der Waals surface area contributed by atoms with Crippen LogP contribution in [0.25, 0.3) is 5.65 Å². The maximum absolute atomic E-state index is 12.5. The Labute approximate surface area is 178 Å². The van der Waals surface area contributed by atoms with Gasteiger partial charge in [-0.3, -0.25) is 0 Å². The lowest BCUT2D eigenvalue weighted by molar-refractivity contribution is 0.0600. The third-order valence-corrected chi connectivity index (χ3v) is 4.59. The molecule has 0 aliphatic rings. The van der Waals surface area contributed by atoms with Crippen molar-refractivity contribution in [3.63, 3.8) is 0 Å². The number of esters is 2. The van der Waals surface area contributed by atoms with E-state index < -0.39 is 11.9 Å². The number of aromatic nitrogens is 2. The summed E-state index contributed by atoms with van der Waals surface area (Å²) in [6.07, 6.45) is 3.92. The molecule has 7 heteroatoms. The van der Waals surface area contributed by atoms with Crippen molar-refractivity contribution in [2.75, 3.05) is 7.11 Å². The SMILES string of the molecule is COC(=O)c1ccc(OC(=O)c2cccc(OCc3cn4cc(C)ccc4n3)c2)cc1. The molecule has 2 aromatic carbocycles. The van der Waals surface area contributed by atoms with Gasteiger partial charge in [0, 0.05) is 12.4 Å². The topological polar surface area (TPSA) is 79.1 Å². The Balaban J connectivity index is 1.41. The average molecular weight is 416 g/mol. The summed E-state index contributed by atoms with van der Waals surface area (Å²) in [5, 5.41) is 0. The van der Waals surface area contributed by atoms with E-state index in [-0.39, 0.29) is 6.61 Å². The van der Waals surface area contributed by atoms with Crippen LogP contribution in [0.15, 0.2) is 73.1 Å². The Morgan fingerprint density at radius 2 is 1.71 bits per heavy atom. The average Bonchev–Trinajstić information content (AvgIpc) is 3.20. The number of nitrogens with zero attached hydrogens (tertiary/aromatic N) is 2. The van der Waals surface area contributed by atoms with Crippen LogP contribution >= 0.6 is 0 Å². The normalized spacial score (nSPS) is 10.6. The summed E-state index contributed by atoms with van der Waals surface area (Å²) in [6.45, 7) is 2.29. The molecule has 156 valence electrons. The number of pyridine rings is 1. The summed E-state index contributed by atoms with van der Waals surface area (Å²) in [5.41, 5.74) is 3.49. The highest BCUT2D eigenvalue weighted by molar-refractivity contribution is 5.92. The van der Waals surface area contributed by atoms with Crippen LogP contribution in [0.5, 0.6) is 11.5 Å². The summed E-state index contributed by atoms with van der Waals surface area (Å²) in [6, 6.07) is 16.8. The smallest absolute Gasteiger partial charge is 0.343 e. The van der Waals surface area contributed by atoms with Gasteiger partial charge in [-0.2, -0.15) is 0 Å². The number of carbonyl (C=O) groups excluding carboxylic acids is 2. The lowest BCUT2D eigenvalue weighted by Gasteiger charge is -2.08. The largest absolute Gasteiger partial charge is 0.487 e. The zero-order valence-electron chi connectivity index (χ0n) is 17.1. The molecule has 0 aliphatic carbocycles. The Morgan fingerprint density at radius 3 is 2.48 bits per heavy atom. The molecule has 0 saturated heterocycles. The molecule has 0 N–H and O–H groups in total. The standard InChI is InChI=1S/C24H20N2O5/c1-16-6-11-22-25-19(14-26(22)13-16)15-30-21-5-3-4-18(12-21)24(28)31-20-9-7-17(8-10-20)23(27)29-2/h3-14H,15H2,1-2H3. The molecule has 0 radical (unpaired) electrons. The molecule has 2 aromatic heterocycles. The van der Waals surface area contributed by atoms with Gasteiger partial charge in [0.1, 0.15) is 23.8 Å². The quantitative estimate of drug-likeness (QED) is 0.346. The number of fused-ring (bicyclic) bond motifs is 1. The van der Waals surface area contributed by atoms with Crippen LogP contribution in [-0.2, 0) is 11.3 Å². The van der Waals surface area contributed by atoms with Gasteiger partial charge < -0.3 is 18.6 Å². The number of aryl methyl sites for hydroxylation is 1. The molecule has 4 aromatic rings. The molecule has 31 heavy (non-hydrogen) atoms. The second-order valence-electron chi connectivity index (χ2n) is 6.93. The first-order valence-corrected chi connectivity index (χ1v) is 9.59. The van der Waals surface area contributed by atoms with E-state index in [0.717, 1.165) is 16.9 Å². The fourth-order valence-electron chi connectivity index (χ4n) is 3.04. The molecule has 0 saturated carbocycles. The molecule has 0 fully saturated rings. The minimum atomic E-state index is -0.528. The highest BCUT2D eigenvalue weighted by Gasteiger charge is 2.12. The van der Waals surface area contributed by atoms with Gasteiger partial charge in [-0.15, -0.1) is 0 Å². The van der Waals surface area contributed by atoms with Crippen molar-refractivity contribution in [1.29, 1.82) is 0 Å². The van der Waals surface area contributed by atoms with Gasteiger partial charge in [-0.05, 0) is 61.0 Å². The summed E-state index contributed by atoms with van der Waals surface area (Å²) < 4.78 is 17.8. The first-order chi connectivity index (χ1) is 15.0. The minimum absolute atomic E-state index is 0.272. The van der Waals surface area contributed by atoms with Crippen LogP contribution in [-0.4, -0.2) is 28.4 Å². The van der Waals surface area contributed by atoms with Crippen molar-refractivity contribution in [1.82, 2.24) is 9.38 Å². The van der Waals surface area contributed by atoms with Crippen molar-refractivity contribution in [2.45, 2.75) is 13.5 Å². The molecule has 0 bridgehead atoms. The highest BCUT2D eigenvalue weighted by Crippen LogP contribution is 2.19. The van der Waals surface area contributed by atoms with Gasteiger partial charge >= 0.3 is 11.9 Å². The van der Waals surface area contributed by atoms with Crippen LogP contribution in [0, 0.1) is 6.92 Å². The second kappa shape index (κ2) is 8.71. The van der Waals surface area contributed by atoms with E-state index in [1.54, 1.807) is 24.3 Å².